The van der Waals surface area contributed by atoms with Gasteiger partial charge in [0.25, 0.3) is 5.91 Å². The predicted octanol–water partition coefficient (Wildman–Crippen LogP) is 4.11. The first-order valence-corrected chi connectivity index (χ1v) is 11.0. The van der Waals surface area contributed by atoms with Crippen molar-refractivity contribution in [2.75, 3.05) is 25.0 Å². The van der Waals surface area contributed by atoms with E-state index < -0.39 is 0 Å². The summed E-state index contributed by atoms with van der Waals surface area (Å²) in [5.74, 6) is 1.01. The van der Waals surface area contributed by atoms with Crippen molar-refractivity contribution in [3.63, 3.8) is 0 Å². The van der Waals surface area contributed by atoms with Crippen molar-refractivity contribution in [3.05, 3.63) is 94.5 Å². The van der Waals surface area contributed by atoms with Crippen LogP contribution in [-0.4, -0.2) is 30.5 Å². The molecule has 1 aliphatic rings. The zero-order valence-electron chi connectivity index (χ0n) is 18.0. The fourth-order valence-corrected chi connectivity index (χ4v) is 4.01. The fourth-order valence-electron chi connectivity index (χ4n) is 4.01. The molecule has 1 fully saturated rings. The Morgan fingerprint density at radius 2 is 1.72 bits per heavy atom. The first kappa shape index (κ1) is 21.8. The van der Waals surface area contributed by atoms with Crippen molar-refractivity contribution in [2.24, 2.45) is 5.92 Å². The highest BCUT2D eigenvalue weighted by Gasteiger charge is 2.20. The van der Waals surface area contributed by atoms with Crippen LogP contribution in [0.25, 0.3) is 0 Å². The molecule has 6 nitrogen and oxygen atoms in total. The van der Waals surface area contributed by atoms with Gasteiger partial charge >= 0.3 is 0 Å². The second-order valence-corrected chi connectivity index (χ2v) is 8.19. The first-order chi connectivity index (χ1) is 15.7. The molecule has 166 valence electrons. The van der Waals surface area contributed by atoms with Crippen molar-refractivity contribution in [3.8, 4) is 5.75 Å². The predicted molar refractivity (Wildman–Crippen MR) is 124 cm³/mol. The Balaban J connectivity index is 1.23. The van der Waals surface area contributed by atoms with Crippen molar-refractivity contribution < 1.29 is 13.9 Å². The molecule has 2 aromatic carbocycles. The van der Waals surface area contributed by atoms with Gasteiger partial charge in [-0.05, 0) is 56.0 Å². The van der Waals surface area contributed by atoms with Gasteiger partial charge in [0.05, 0.1) is 6.54 Å². The molecule has 1 N–H and O–H groups in total. The van der Waals surface area contributed by atoms with Gasteiger partial charge in [-0.25, -0.2) is 0 Å². The third-order valence-corrected chi connectivity index (χ3v) is 5.72. The summed E-state index contributed by atoms with van der Waals surface area (Å²) in [4.78, 5) is 26.7. The Morgan fingerprint density at radius 1 is 1.03 bits per heavy atom. The smallest absolute Gasteiger partial charge is 0.262 e. The molecule has 0 spiro atoms. The summed E-state index contributed by atoms with van der Waals surface area (Å²) >= 11 is 0. The quantitative estimate of drug-likeness (QED) is 0.580. The fraction of sp³-hybridized carbons (Fsp3) is 0.308. The van der Waals surface area contributed by atoms with E-state index in [-0.39, 0.29) is 23.7 Å². The van der Waals surface area contributed by atoms with Gasteiger partial charge in [-0.2, -0.15) is 0 Å². The molecule has 1 aliphatic heterocycles. The van der Waals surface area contributed by atoms with E-state index in [2.05, 4.69) is 40.5 Å². The summed E-state index contributed by atoms with van der Waals surface area (Å²) in [5.41, 5.74) is 1.79. The average Bonchev–Trinajstić information content (AvgIpc) is 2.81. The van der Waals surface area contributed by atoms with Crippen LogP contribution in [0.4, 0.5) is 5.69 Å². The first-order valence-electron chi connectivity index (χ1n) is 11.0. The number of nitrogens with one attached hydrogen (secondary N) is 1. The molecule has 2 heterocycles. The van der Waals surface area contributed by atoms with E-state index in [9.17, 15) is 9.59 Å². The summed E-state index contributed by atoms with van der Waals surface area (Å²) < 4.78 is 11.0. The van der Waals surface area contributed by atoms with E-state index >= 15 is 0 Å². The SMILES string of the molecule is O=C(COc1coc(CN2CCC(Cc3ccccc3)CC2)cc1=O)Nc1ccccc1. The van der Waals surface area contributed by atoms with E-state index in [1.54, 1.807) is 12.1 Å². The third kappa shape index (κ3) is 6.31. The Kier molecular flexibility index (Phi) is 7.35. The number of ether oxygens (including phenoxy) is 1. The molecule has 6 heteroatoms. The standard InChI is InChI=1S/C26H28N2O4/c29-24-16-23(17-28-13-11-21(12-14-28)15-20-7-3-1-4-8-20)31-18-25(24)32-19-26(30)27-22-9-5-2-6-10-22/h1-10,16,18,21H,11-15,17,19H2,(H,27,30). The molecule has 0 aliphatic carbocycles. The van der Waals surface area contributed by atoms with Crippen LogP contribution in [0.5, 0.6) is 5.75 Å². The molecule has 0 radical (unpaired) electrons. The van der Waals surface area contributed by atoms with E-state index in [0.29, 0.717) is 23.9 Å². The van der Waals surface area contributed by atoms with Crippen LogP contribution >= 0.6 is 0 Å². The Morgan fingerprint density at radius 3 is 2.41 bits per heavy atom. The number of rotatable bonds is 8. The minimum Gasteiger partial charge on any atom is -0.477 e. The monoisotopic (exact) mass is 432 g/mol. The van der Waals surface area contributed by atoms with Crippen LogP contribution in [-0.2, 0) is 17.8 Å². The van der Waals surface area contributed by atoms with Crippen molar-refractivity contribution in [2.45, 2.75) is 25.8 Å². The third-order valence-electron chi connectivity index (χ3n) is 5.72. The number of para-hydroxylation sites is 1. The number of carbonyl (C=O) groups excluding carboxylic acids is 1. The van der Waals surface area contributed by atoms with Crippen LogP contribution in [0, 0.1) is 5.92 Å². The average molecular weight is 433 g/mol. The summed E-state index contributed by atoms with van der Waals surface area (Å²) in [6, 6.07) is 21.2. The largest absolute Gasteiger partial charge is 0.477 e. The molecular weight excluding hydrogens is 404 g/mol. The zero-order chi connectivity index (χ0) is 22.2. The van der Waals surface area contributed by atoms with Crippen LogP contribution in [0.2, 0.25) is 0 Å². The van der Waals surface area contributed by atoms with E-state index in [1.807, 2.05) is 18.2 Å². The number of nitrogens with zero attached hydrogens (tertiary/aromatic N) is 1. The maximum atomic E-state index is 12.4. The van der Waals surface area contributed by atoms with Crippen molar-refractivity contribution >= 4 is 11.6 Å². The van der Waals surface area contributed by atoms with Crippen LogP contribution in [0.15, 0.2) is 82.2 Å². The number of anilines is 1. The summed E-state index contributed by atoms with van der Waals surface area (Å²) in [5, 5.41) is 2.71. The van der Waals surface area contributed by atoms with E-state index in [1.165, 1.54) is 17.9 Å². The molecule has 0 bridgehead atoms. The minimum absolute atomic E-state index is 0.0403. The molecule has 4 rings (SSSR count). The maximum Gasteiger partial charge on any atom is 0.262 e. The highest BCUT2D eigenvalue weighted by molar-refractivity contribution is 5.91. The molecule has 32 heavy (non-hydrogen) atoms. The van der Waals surface area contributed by atoms with Gasteiger partial charge in [-0.3, -0.25) is 14.5 Å². The molecule has 0 unspecified atom stereocenters. The van der Waals surface area contributed by atoms with Gasteiger partial charge in [0.2, 0.25) is 11.2 Å². The second kappa shape index (κ2) is 10.8. The zero-order valence-corrected chi connectivity index (χ0v) is 18.0. The highest BCUT2D eigenvalue weighted by atomic mass is 16.5. The van der Waals surface area contributed by atoms with Crippen LogP contribution < -0.4 is 15.5 Å². The number of likely N-dealkylation sites (tertiary alicyclic amines) is 1. The lowest BCUT2D eigenvalue weighted by atomic mass is 9.90. The number of piperidine rings is 1. The molecule has 1 aromatic heterocycles. The van der Waals surface area contributed by atoms with Crippen LogP contribution in [0.1, 0.15) is 24.2 Å². The summed E-state index contributed by atoms with van der Waals surface area (Å²) in [6.07, 6.45) is 4.69. The summed E-state index contributed by atoms with van der Waals surface area (Å²) in [7, 11) is 0. The Bertz CT molecular complexity index is 1060. The maximum absolute atomic E-state index is 12.4. The molecule has 1 saturated heterocycles. The van der Waals surface area contributed by atoms with Gasteiger partial charge in [0.15, 0.2) is 6.61 Å². The number of hydrogen-bond donors (Lipinski definition) is 1. The van der Waals surface area contributed by atoms with Crippen molar-refractivity contribution in [1.82, 2.24) is 4.90 Å². The molecule has 3 aromatic rings. The lowest BCUT2D eigenvalue weighted by Crippen LogP contribution is -2.34. The topological polar surface area (TPSA) is 71.8 Å². The molecule has 1 amide bonds. The second-order valence-electron chi connectivity index (χ2n) is 8.19. The number of amides is 1. The van der Waals surface area contributed by atoms with Gasteiger partial charge in [0.1, 0.15) is 12.0 Å². The van der Waals surface area contributed by atoms with Gasteiger partial charge < -0.3 is 14.5 Å². The normalized spacial score (nSPS) is 14.8. The number of benzene rings is 2. The molecular formula is C26H28N2O4. The van der Waals surface area contributed by atoms with Gasteiger partial charge in [-0.1, -0.05) is 48.5 Å². The lowest BCUT2D eigenvalue weighted by Gasteiger charge is -2.31. The Hall–Kier alpha value is -3.38. The minimum atomic E-state index is -0.335. The number of carbonyl (C=O) groups is 1. The summed E-state index contributed by atoms with van der Waals surface area (Å²) in [6.45, 7) is 2.31. The molecule has 0 atom stereocenters. The van der Waals surface area contributed by atoms with E-state index in [4.69, 9.17) is 9.15 Å². The van der Waals surface area contributed by atoms with Gasteiger partial charge in [-0.15, -0.1) is 0 Å². The molecule has 0 saturated carbocycles. The van der Waals surface area contributed by atoms with Gasteiger partial charge in [0, 0.05) is 11.8 Å². The van der Waals surface area contributed by atoms with E-state index in [0.717, 1.165) is 32.4 Å². The van der Waals surface area contributed by atoms with Crippen molar-refractivity contribution in [1.29, 1.82) is 0 Å². The Labute approximate surface area is 187 Å². The number of hydrogen-bond acceptors (Lipinski definition) is 5. The van der Waals surface area contributed by atoms with Crippen LogP contribution in [0.3, 0.4) is 0 Å². The highest BCUT2D eigenvalue weighted by Crippen LogP contribution is 2.23. The lowest BCUT2D eigenvalue weighted by molar-refractivity contribution is -0.118.